The van der Waals surface area contributed by atoms with Gasteiger partial charge in [0.05, 0.1) is 12.3 Å². The summed E-state index contributed by atoms with van der Waals surface area (Å²) in [7, 11) is 0. The molecule has 8 heteroatoms. The van der Waals surface area contributed by atoms with Crippen LogP contribution in [0, 0.1) is 5.82 Å². The highest BCUT2D eigenvalue weighted by molar-refractivity contribution is 5.54. The van der Waals surface area contributed by atoms with Crippen LogP contribution in [0.4, 0.5) is 29.2 Å². The normalized spacial score (nSPS) is 11.3. The maximum atomic E-state index is 13.5. The molecule has 0 unspecified atom stereocenters. The van der Waals surface area contributed by atoms with Crippen LogP contribution in [-0.2, 0) is 6.18 Å². The number of para-hydroxylation sites is 1. The van der Waals surface area contributed by atoms with E-state index in [9.17, 15) is 17.6 Å². The summed E-state index contributed by atoms with van der Waals surface area (Å²) in [4.78, 5) is 7.24. The van der Waals surface area contributed by atoms with Gasteiger partial charge in [0.1, 0.15) is 11.4 Å². The fourth-order valence-corrected chi connectivity index (χ4v) is 1.61. The van der Waals surface area contributed by atoms with E-state index in [1.165, 1.54) is 18.2 Å². The molecule has 0 aliphatic heterocycles. The Balaban J connectivity index is 2.32. The van der Waals surface area contributed by atoms with Crippen molar-refractivity contribution in [2.45, 2.75) is 19.5 Å². The van der Waals surface area contributed by atoms with Crippen molar-refractivity contribution in [2.24, 2.45) is 0 Å². The van der Waals surface area contributed by atoms with E-state index in [1.54, 1.807) is 13.0 Å². The lowest BCUT2D eigenvalue weighted by Gasteiger charge is -2.13. The Hall–Kier alpha value is -2.38. The van der Waals surface area contributed by atoms with Crippen LogP contribution in [0.2, 0.25) is 0 Å². The van der Waals surface area contributed by atoms with Crippen molar-refractivity contribution in [3.05, 3.63) is 41.8 Å². The first-order valence-electron chi connectivity index (χ1n) is 6.50. The molecular weight excluding hydrogens is 302 g/mol. The number of aromatic nitrogens is 2. The predicted octanol–water partition coefficient (Wildman–Crippen LogP) is 4.17. The molecule has 0 saturated carbocycles. The molecule has 1 aromatic heterocycles. The molecule has 0 radical (unpaired) electrons. The van der Waals surface area contributed by atoms with Crippen molar-refractivity contribution < 1.29 is 22.3 Å². The first-order valence-corrected chi connectivity index (χ1v) is 6.50. The van der Waals surface area contributed by atoms with E-state index in [2.05, 4.69) is 15.3 Å². The highest BCUT2D eigenvalue weighted by atomic mass is 19.4. The van der Waals surface area contributed by atoms with E-state index >= 15 is 0 Å². The van der Waals surface area contributed by atoms with Gasteiger partial charge in [0.15, 0.2) is 0 Å². The first-order chi connectivity index (χ1) is 10.4. The largest absolute Gasteiger partial charge is 0.477 e. The molecule has 2 aromatic rings. The van der Waals surface area contributed by atoms with E-state index in [-0.39, 0.29) is 18.2 Å². The minimum absolute atomic E-state index is 0.0590. The molecular formula is C14H13F4N3O. The van der Waals surface area contributed by atoms with Crippen LogP contribution in [0.1, 0.15) is 18.9 Å². The Morgan fingerprint density at radius 3 is 2.59 bits per heavy atom. The molecule has 0 aliphatic rings. The third-order valence-corrected chi connectivity index (χ3v) is 2.62. The number of rotatable bonds is 5. The molecule has 4 nitrogen and oxygen atoms in total. The summed E-state index contributed by atoms with van der Waals surface area (Å²) >= 11 is 0. The van der Waals surface area contributed by atoms with Crippen LogP contribution in [-0.4, -0.2) is 16.6 Å². The quantitative estimate of drug-likeness (QED) is 0.841. The fourth-order valence-electron chi connectivity index (χ4n) is 1.61. The van der Waals surface area contributed by atoms with Crippen molar-refractivity contribution in [1.82, 2.24) is 9.97 Å². The van der Waals surface area contributed by atoms with Crippen LogP contribution < -0.4 is 10.1 Å². The molecule has 0 atom stereocenters. The SMILES string of the molecule is CCCOc1nc(Nc2ccccc2F)ncc1C(F)(F)F. The summed E-state index contributed by atoms with van der Waals surface area (Å²) in [5, 5.41) is 2.52. The topological polar surface area (TPSA) is 47.0 Å². The number of benzene rings is 1. The lowest BCUT2D eigenvalue weighted by atomic mass is 10.3. The van der Waals surface area contributed by atoms with Crippen molar-refractivity contribution >= 4 is 11.6 Å². The monoisotopic (exact) mass is 315 g/mol. The zero-order valence-corrected chi connectivity index (χ0v) is 11.6. The number of halogens is 4. The number of hydrogen-bond acceptors (Lipinski definition) is 4. The van der Waals surface area contributed by atoms with Crippen LogP contribution in [0.15, 0.2) is 30.5 Å². The lowest BCUT2D eigenvalue weighted by molar-refractivity contribution is -0.139. The van der Waals surface area contributed by atoms with E-state index in [1.807, 2.05) is 0 Å². The Bertz CT molecular complexity index is 646. The van der Waals surface area contributed by atoms with Gasteiger partial charge in [-0.1, -0.05) is 19.1 Å². The summed E-state index contributed by atoms with van der Waals surface area (Å²) in [6.45, 7) is 1.84. The molecule has 0 spiro atoms. The summed E-state index contributed by atoms with van der Waals surface area (Å²) < 4.78 is 57.1. The molecule has 0 aliphatic carbocycles. The van der Waals surface area contributed by atoms with E-state index in [0.29, 0.717) is 12.6 Å². The second kappa shape index (κ2) is 6.59. The van der Waals surface area contributed by atoms with E-state index in [0.717, 1.165) is 0 Å². The van der Waals surface area contributed by atoms with E-state index in [4.69, 9.17) is 4.74 Å². The molecule has 1 aromatic carbocycles. The Morgan fingerprint density at radius 1 is 1.23 bits per heavy atom. The molecule has 1 heterocycles. The minimum atomic E-state index is -4.63. The van der Waals surface area contributed by atoms with Crippen LogP contribution in [0.5, 0.6) is 5.88 Å². The maximum absolute atomic E-state index is 13.5. The van der Waals surface area contributed by atoms with Crippen LogP contribution in [0.25, 0.3) is 0 Å². The number of alkyl halides is 3. The van der Waals surface area contributed by atoms with Gasteiger partial charge in [0.25, 0.3) is 0 Å². The average molecular weight is 315 g/mol. The van der Waals surface area contributed by atoms with Gasteiger partial charge in [-0.3, -0.25) is 0 Å². The first kappa shape index (κ1) is 16.0. The Morgan fingerprint density at radius 2 is 1.95 bits per heavy atom. The molecule has 2 rings (SSSR count). The Labute approximate surface area is 124 Å². The molecule has 0 amide bonds. The van der Waals surface area contributed by atoms with Crippen LogP contribution in [0.3, 0.4) is 0 Å². The van der Waals surface area contributed by atoms with Crippen molar-refractivity contribution in [2.75, 3.05) is 11.9 Å². The van der Waals surface area contributed by atoms with Gasteiger partial charge in [0.2, 0.25) is 11.8 Å². The van der Waals surface area contributed by atoms with Crippen molar-refractivity contribution in [3.63, 3.8) is 0 Å². The number of anilines is 2. The smallest absolute Gasteiger partial charge is 0.423 e. The molecule has 0 saturated heterocycles. The number of nitrogens with zero attached hydrogens (tertiary/aromatic N) is 2. The minimum Gasteiger partial charge on any atom is -0.477 e. The van der Waals surface area contributed by atoms with Gasteiger partial charge in [-0.2, -0.15) is 18.2 Å². The summed E-state index contributed by atoms with van der Waals surface area (Å²) in [5.41, 5.74) is -1.01. The molecule has 22 heavy (non-hydrogen) atoms. The Kier molecular flexibility index (Phi) is 4.79. The standard InChI is InChI=1S/C14H13F4N3O/c1-2-7-22-12-9(14(16,17)18)8-19-13(21-12)20-11-6-4-3-5-10(11)15/h3-6,8H,2,7H2,1H3,(H,19,20,21). The summed E-state index contributed by atoms with van der Waals surface area (Å²) in [5.74, 6) is -1.32. The third-order valence-electron chi connectivity index (χ3n) is 2.62. The van der Waals surface area contributed by atoms with E-state index < -0.39 is 23.4 Å². The maximum Gasteiger partial charge on any atom is 0.423 e. The summed E-state index contributed by atoms with van der Waals surface area (Å²) in [6, 6.07) is 5.69. The number of nitrogens with one attached hydrogen (secondary N) is 1. The van der Waals surface area contributed by atoms with Gasteiger partial charge < -0.3 is 10.1 Å². The second-order valence-corrected chi connectivity index (χ2v) is 4.36. The van der Waals surface area contributed by atoms with Gasteiger partial charge in [-0.15, -0.1) is 0 Å². The lowest BCUT2D eigenvalue weighted by Crippen LogP contribution is -2.13. The zero-order valence-electron chi connectivity index (χ0n) is 11.6. The number of ether oxygens (including phenoxy) is 1. The summed E-state index contributed by atoms with van der Waals surface area (Å²) in [6.07, 6.45) is -3.49. The average Bonchev–Trinajstić information content (AvgIpc) is 2.46. The molecule has 1 N–H and O–H groups in total. The molecule has 0 bridgehead atoms. The predicted molar refractivity (Wildman–Crippen MR) is 72.5 cm³/mol. The molecule has 0 fully saturated rings. The molecule has 118 valence electrons. The zero-order chi connectivity index (χ0) is 16.2. The third kappa shape index (κ3) is 3.84. The highest BCUT2D eigenvalue weighted by Gasteiger charge is 2.36. The number of hydrogen-bond donors (Lipinski definition) is 1. The van der Waals surface area contributed by atoms with Gasteiger partial charge in [-0.25, -0.2) is 9.37 Å². The second-order valence-electron chi connectivity index (χ2n) is 4.36. The van der Waals surface area contributed by atoms with Crippen LogP contribution >= 0.6 is 0 Å². The van der Waals surface area contributed by atoms with Gasteiger partial charge in [-0.05, 0) is 18.6 Å². The van der Waals surface area contributed by atoms with Gasteiger partial charge >= 0.3 is 6.18 Å². The van der Waals surface area contributed by atoms with Gasteiger partial charge in [0, 0.05) is 6.20 Å². The van der Waals surface area contributed by atoms with Crippen molar-refractivity contribution in [1.29, 1.82) is 0 Å². The van der Waals surface area contributed by atoms with Crippen molar-refractivity contribution in [3.8, 4) is 5.88 Å². The highest BCUT2D eigenvalue weighted by Crippen LogP contribution is 2.35. The fraction of sp³-hybridized carbons (Fsp3) is 0.286.